The fourth-order valence-corrected chi connectivity index (χ4v) is 0.555. The number of hydrogen-bond acceptors (Lipinski definition) is 0. The summed E-state index contributed by atoms with van der Waals surface area (Å²) in [6, 6.07) is 0. The monoisotopic (exact) mass is 194 g/mol. The maximum Gasteiger partial charge on any atom is 0.419 e. The fourth-order valence-electron chi connectivity index (χ4n) is 0.407. The molecule has 0 bridgehead atoms. The first-order valence-electron chi connectivity index (χ1n) is 2.45. The van der Waals surface area contributed by atoms with Crippen LogP contribution in [-0.4, -0.2) is 11.3 Å². The van der Waals surface area contributed by atoms with Gasteiger partial charge in [-0.3, -0.25) is 0 Å². The minimum Gasteiger partial charge on any atom is -0.221 e. The standard InChI is InChI=1S/C5H4ClF5/c1-4(6,8)3(2-7)5(9,10)11/h2H,1H3/b3-2+. The number of hydrogen-bond donors (Lipinski definition) is 0. The Morgan fingerprint density at radius 1 is 1.27 bits per heavy atom. The van der Waals surface area contributed by atoms with Crippen LogP contribution in [0, 0.1) is 0 Å². The molecule has 0 spiro atoms. The molecule has 0 N–H and O–H groups in total. The smallest absolute Gasteiger partial charge is 0.221 e. The van der Waals surface area contributed by atoms with Gasteiger partial charge < -0.3 is 0 Å². The van der Waals surface area contributed by atoms with E-state index >= 15 is 0 Å². The van der Waals surface area contributed by atoms with E-state index in [1.807, 2.05) is 0 Å². The Hall–Kier alpha value is -0.320. The van der Waals surface area contributed by atoms with Crippen LogP contribution in [0.15, 0.2) is 11.9 Å². The Kier molecular flexibility index (Phi) is 2.88. The summed E-state index contributed by atoms with van der Waals surface area (Å²) in [5.74, 6) is 0. The Morgan fingerprint density at radius 3 is 1.64 bits per heavy atom. The molecule has 0 radical (unpaired) electrons. The Morgan fingerprint density at radius 2 is 1.64 bits per heavy atom. The maximum atomic E-state index is 12.3. The molecule has 0 aliphatic rings. The van der Waals surface area contributed by atoms with Crippen LogP contribution >= 0.6 is 11.6 Å². The van der Waals surface area contributed by atoms with E-state index in [1.165, 1.54) is 0 Å². The van der Waals surface area contributed by atoms with Crippen molar-refractivity contribution in [3.05, 3.63) is 11.9 Å². The van der Waals surface area contributed by atoms with Crippen LogP contribution in [0.3, 0.4) is 0 Å². The highest BCUT2D eigenvalue weighted by Crippen LogP contribution is 2.38. The third-order valence-corrected chi connectivity index (χ3v) is 1.09. The minimum atomic E-state index is -5.07. The molecule has 0 fully saturated rings. The number of allylic oxidation sites excluding steroid dienone is 1. The summed E-state index contributed by atoms with van der Waals surface area (Å²) in [4.78, 5) is 0. The molecule has 0 saturated carbocycles. The van der Waals surface area contributed by atoms with Gasteiger partial charge in [-0.1, -0.05) is 11.6 Å². The number of alkyl halides is 5. The first-order chi connectivity index (χ1) is 4.69. The van der Waals surface area contributed by atoms with Crippen molar-refractivity contribution in [1.82, 2.24) is 0 Å². The van der Waals surface area contributed by atoms with E-state index in [0.29, 0.717) is 6.92 Å². The van der Waals surface area contributed by atoms with Gasteiger partial charge >= 0.3 is 6.18 Å². The van der Waals surface area contributed by atoms with Crippen molar-refractivity contribution in [3.63, 3.8) is 0 Å². The van der Waals surface area contributed by atoms with Crippen molar-refractivity contribution in [2.24, 2.45) is 0 Å². The molecule has 66 valence electrons. The van der Waals surface area contributed by atoms with Crippen LogP contribution in [0.25, 0.3) is 0 Å². The molecule has 11 heavy (non-hydrogen) atoms. The lowest BCUT2D eigenvalue weighted by Crippen LogP contribution is -2.25. The summed E-state index contributed by atoms with van der Waals surface area (Å²) in [7, 11) is 0. The van der Waals surface area contributed by atoms with Crippen LogP contribution in [0.2, 0.25) is 0 Å². The second kappa shape index (κ2) is 2.97. The molecule has 0 aromatic carbocycles. The Bertz CT molecular complexity index is 147. The van der Waals surface area contributed by atoms with Gasteiger partial charge in [-0.25, -0.2) is 8.78 Å². The third-order valence-electron chi connectivity index (χ3n) is 0.887. The second-order valence-corrected chi connectivity index (χ2v) is 2.62. The number of rotatable bonds is 1. The molecule has 0 aliphatic heterocycles. The molecule has 0 rings (SSSR count). The van der Waals surface area contributed by atoms with Crippen molar-refractivity contribution in [2.75, 3.05) is 0 Å². The lowest BCUT2D eigenvalue weighted by atomic mass is 10.2. The third kappa shape index (κ3) is 3.05. The van der Waals surface area contributed by atoms with E-state index in [0.717, 1.165) is 0 Å². The molecular weight excluding hydrogens is 190 g/mol. The first-order valence-corrected chi connectivity index (χ1v) is 2.83. The van der Waals surface area contributed by atoms with E-state index in [1.54, 1.807) is 0 Å². The molecule has 0 saturated heterocycles. The van der Waals surface area contributed by atoms with Crippen molar-refractivity contribution in [2.45, 2.75) is 18.2 Å². The second-order valence-electron chi connectivity index (χ2n) is 1.91. The van der Waals surface area contributed by atoms with Gasteiger partial charge in [0.1, 0.15) is 5.57 Å². The zero-order chi connectivity index (χ0) is 9.28. The topological polar surface area (TPSA) is 0 Å². The molecule has 0 aromatic rings. The van der Waals surface area contributed by atoms with Gasteiger partial charge in [0.25, 0.3) is 0 Å². The molecule has 0 aromatic heterocycles. The van der Waals surface area contributed by atoms with Crippen LogP contribution in [0.5, 0.6) is 0 Å². The average Bonchev–Trinajstić information content (AvgIpc) is 1.56. The van der Waals surface area contributed by atoms with E-state index in [2.05, 4.69) is 11.6 Å². The predicted molar refractivity (Wildman–Crippen MR) is 30.6 cm³/mol. The summed E-state index contributed by atoms with van der Waals surface area (Å²) in [6.07, 6.45) is -5.95. The lowest BCUT2D eigenvalue weighted by molar-refractivity contribution is -0.103. The van der Waals surface area contributed by atoms with Gasteiger partial charge in [-0.2, -0.15) is 13.2 Å². The summed E-state index contributed by atoms with van der Waals surface area (Å²) < 4.78 is 58.5. The SMILES string of the molecule is CC(F)(Cl)/C(=C\F)C(F)(F)F. The maximum absolute atomic E-state index is 12.3. The first kappa shape index (κ1) is 10.7. The molecule has 1 unspecified atom stereocenters. The average molecular weight is 195 g/mol. The molecule has 0 amide bonds. The normalized spacial score (nSPS) is 19.7. The van der Waals surface area contributed by atoms with Gasteiger partial charge in [0.2, 0.25) is 5.13 Å². The lowest BCUT2D eigenvalue weighted by Gasteiger charge is -2.17. The number of halogens is 6. The quantitative estimate of drug-likeness (QED) is 0.444. The summed E-state index contributed by atoms with van der Waals surface area (Å²) >= 11 is 4.59. The molecule has 0 heterocycles. The van der Waals surface area contributed by atoms with E-state index in [-0.39, 0.29) is 0 Å². The Labute approximate surface area is 64.6 Å². The van der Waals surface area contributed by atoms with E-state index < -0.39 is 23.2 Å². The summed E-state index contributed by atoms with van der Waals surface area (Å²) in [5, 5.41) is -3.22. The zero-order valence-corrected chi connectivity index (χ0v) is 6.10. The van der Waals surface area contributed by atoms with E-state index in [4.69, 9.17) is 0 Å². The summed E-state index contributed by atoms with van der Waals surface area (Å²) in [6.45, 7) is 0.410. The van der Waals surface area contributed by atoms with Gasteiger partial charge in [0, 0.05) is 0 Å². The van der Waals surface area contributed by atoms with Gasteiger partial charge in [0.05, 0.1) is 6.33 Å². The van der Waals surface area contributed by atoms with Gasteiger partial charge in [0.15, 0.2) is 0 Å². The molecule has 0 nitrogen and oxygen atoms in total. The predicted octanol–water partition coefficient (Wildman–Crippen LogP) is 3.33. The van der Waals surface area contributed by atoms with Crippen molar-refractivity contribution >= 4 is 11.6 Å². The van der Waals surface area contributed by atoms with Crippen molar-refractivity contribution in [3.8, 4) is 0 Å². The molecule has 1 atom stereocenters. The minimum absolute atomic E-state index is 0.410. The van der Waals surface area contributed by atoms with Crippen molar-refractivity contribution in [1.29, 1.82) is 0 Å². The van der Waals surface area contributed by atoms with Crippen LogP contribution in [0.1, 0.15) is 6.92 Å². The molecule has 0 aliphatic carbocycles. The largest absolute Gasteiger partial charge is 0.419 e. The highest BCUT2D eigenvalue weighted by Gasteiger charge is 2.45. The highest BCUT2D eigenvalue weighted by atomic mass is 35.5. The van der Waals surface area contributed by atoms with Gasteiger partial charge in [-0.05, 0) is 6.92 Å². The van der Waals surface area contributed by atoms with E-state index in [9.17, 15) is 22.0 Å². The Balaban J connectivity index is 4.74. The fraction of sp³-hybridized carbons (Fsp3) is 0.600. The van der Waals surface area contributed by atoms with Crippen molar-refractivity contribution < 1.29 is 22.0 Å². The van der Waals surface area contributed by atoms with Crippen LogP contribution in [-0.2, 0) is 0 Å². The highest BCUT2D eigenvalue weighted by molar-refractivity contribution is 6.24. The van der Waals surface area contributed by atoms with Gasteiger partial charge in [-0.15, -0.1) is 0 Å². The zero-order valence-electron chi connectivity index (χ0n) is 5.35. The molecular formula is C5H4ClF5. The van der Waals surface area contributed by atoms with Crippen LogP contribution < -0.4 is 0 Å². The van der Waals surface area contributed by atoms with Crippen LogP contribution in [0.4, 0.5) is 22.0 Å². The molecule has 6 heteroatoms. The summed E-state index contributed by atoms with van der Waals surface area (Å²) in [5.41, 5.74) is -2.04.